The number of hydrazine groups is 2. The summed E-state index contributed by atoms with van der Waals surface area (Å²) in [7, 11) is 4.02. The highest BCUT2D eigenvalue weighted by atomic mass is 31.2. The van der Waals surface area contributed by atoms with E-state index in [-0.39, 0.29) is 11.8 Å². The predicted molar refractivity (Wildman–Crippen MR) is 116 cm³/mol. The second-order valence-corrected chi connectivity index (χ2v) is 9.70. The fourth-order valence-corrected chi connectivity index (χ4v) is 5.73. The summed E-state index contributed by atoms with van der Waals surface area (Å²) in [4.78, 5) is 25.0. The van der Waals surface area contributed by atoms with Gasteiger partial charge in [-0.2, -0.15) is 10.4 Å². The second kappa shape index (κ2) is 11.9. The number of nitrogens with one attached hydrogen (secondary N) is 2. The van der Waals surface area contributed by atoms with E-state index in [1.807, 2.05) is 36.4 Å². The van der Waals surface area contributed by atoms with E-state index in [1.165, 1.54) is 10.0 Å². The summed E-state index contributed by atoms with van der Waals surface area (Å²) in [5.74, 6) is 0.138. The van der Waals surface area contributed by atoms with Crippen molar-refractivity contribution in [3.8, 4) is 0 Å². The molecule has 0 aliphatic rings. The molecular weight excluding hydrogens is 410 g/mol. The number of rotatable bonds is 10. The Morgan fingerprint density at radius 3 is 1.41 bits per heavy atom. The van der Waals surface area contributed by atoms with Gasteiger partial charge in [0.15, 0.2) is 0 Å². The Balaban J connectivity index is 1.93. The number of hydrogen-bond donors (Lipinski definition) is 2. The lowest BCUT2D eigenvalue weighted by Gasteiger charge is -2.29. The van der Waals surface area contributed by atoms with Crippen molar-refractivity contribution in [1.82, 2.24) is 20.4 Å². The van der Waals surface area contributed by atoms with Gasteiger partial charge in [-0.25, -0.2) is 0 Å². The van der Waals surface area contributed by atoms with Crippen molar-refractivity contribution >= 4 is 28.4 Å². The molecular formula is C19H26N4O4P2. The average molecular weight is 436 g/mol. The smallest absolute Gasteiger partial charge is 0.268 e. The Morgan fingerprint density at radius 1 is 0.759 bits per heavy atom. The quantitative estimate of drug-likeness (QED) is 0.439. The molecule has 0 heterocycles. The Kier molecular flexibility index (Phi) is 9.61. The normalized spacial score (nSPS) is 12.8. The molecule has 0 saturated carbocycles. The van der Waals surface area contributed by atoms with Gasteiger partial charge in [-0.1, -0.05) is 36.4 Å². The van der Waals surface area contributed by atoms with Crippen molar-refractivity contribution in [2.75, 3.05) is 34.2 Å². The molecule has 156 valence electrons. The fraction of sp³-hybridized carbons (Fsp3) is 0.263. The van der Waals surface area contributed by atoms with Crippen LogP contribution in [0.3, 0.4) is 0 Å². The van der Waals surface area contributed by atoms with Gasteiger partial charge < -0.3 is 9.05 Å². The highest BCUT2D eigenvalue weighted by Crippen LogP contribution is 2.46. The molecule has 2 rings (SSSR count). The lowest BCUT2D eigenvalue weighted by molar-refractivity contribution is 0.0758. The van der Waals surface area contributed by atoms with Gasteiger partial charge in [0, 0.05) is 39.4 Å². The summed E-state index contributed by atoms with van der Waals surface area (Å²) < 4.78 is 11.0. The molecule has 2 aromatic carbocycles. The first-order valence-electron chi connectivity index (χ1n) is 8.78. The Morgan fingerprint density at radius 2 is 1.10 bits per heavy atom. The lowest BCUT2D eigenvalue weighted by atomic mass is 10.2. The second-order valence-electron chi connectivity index (χ2n) is 5.92. The molecule has 2 amide bonds. The van der Waals surface area contributed by atoms with Crippen LogP contribution in [0.5, 0.6) is 0 Å². The van der Waals surface area contributed by atoms with Gasteiger partial charge in [0.05, 0.1) is 5.90 Å². The largest absolute Gasteiger partial charge is 0.345 e. The third-order valence-corrected chi connectivity index (χ3v) is 7.85. The van der Waals surface area contributed by atoms with Crippen LogP contribution in [0.1, 0.15) is 20.7 Å². The number of benzene rings is 2. The summed E-state index contributed by atoms with van der Waals surface area (Å²) in [6.45, 7) is 0. The fourth-order valence-electron chi connectivity index (χ4n) is 2.35. The van der Waals surface area contributed by atoms with E-state index >= 15 is 0 Å². The topological polar surface area (TPSA) is 83.1 Å². The third kappa shape index (κ3) is 7.12. The van der Waals surface area contributed by atoms with Crippen molar-refractivity contribution in [1.29, 1.82) is 0 Å². The summed E-state index contributed by atoms with van der Waals surface area (Å²) >= 11 is 0. The van der Waals surface area contributed by atoms with Crippen LogP contribution in [0.15, 0.2) is 60.7 Å². The van der Waals surface area contributed by atoms with E-state index in [9.17, 15) is 9.59 Å². The summed E-state index contributed by atoms with van der Waals surface area (Å²) in [5, 5.41) is 8.98. The minimum Gasteiger partial charge on any atom is -0.345 e. The summed E-state index contributed by atoms with van der Waals surface area (Å²) in [5.41, 5.74) is 1.16. The highest BCUT2D eigenvalue weighted by molar-refractivity contribution is 7.67. The summed E-state index contributed by atoms with van der Waals surface area (Å²) in [6.07, 6.45) is 0. The lowest BCUT2D eigenvalue weighted by Crippen LogP contribution is -2.39. The number of hydrogen-bond acceptors (Lipinski definition) is 6. The van der Waals surface area contributed by atoms with Crippen molar-refractivity contribution in [2.45, 2.75) is 0 Å². The van der Waals surface area contributed by atoms with Crippen molar-refractivity contribution in [3.05, 3.63) is 71.8 Å². The molecule has 0 aliphatic heterocycles. The summed E-state index contributed by atoms with van der Waals surface area (Å²) in [6, 6.07) is 18.0. The van der Waals surface area contributed by atoms with Crippen LogP contribution in [0.25, 0.3) is 0 Å². The van der Waals surface area contributed by atoms with Gasteiger partial charge in [-0.05, 0) is 24.3 Å². The molecule has 2 unspecified atom stereocenters. The maximum atomic E-state index is 12.5. The number of nitrogens with zero attached hydrogens (tertiary/aromatic N) is 2. The highest BCUT2D eigenvalue weighted by Gasteiger charge is 2.23. The predicted octanol–water partition coefficient (Wildman–Crippen LogP) is 3.41. The van der Waals surface area contributed by atoms with Crippen molar-refractivity contribution in [3.63, 3.8) is 0 Å². The van der Waals surface area contributed by atoms with Crippen LogP contribution in [0.4, 0.5) is 0 Å². The van der Waals surface area contributed by atoms with E-state index in [4.69, 9.17) is 9.05 Å². The van der Waals surface area contributed by atoms with Crippen molar-refractivity contribution in [2.24, 2.45) is 0 Å². The van der Waals surface area contributed by atoms with Crippen LogP contribution >= 0.6 is 16.6 Å². The maximum Gasteiger partial charge on any atom is 0.268 e. The van der Waals surface area contributed by atoms with Gasteiger partial charge in [0.25, 0.3) is 11.8 Å². The minimum absolute atomic E-state index is 0.166. The Bertz CT molecular complexity index is 717. The molecule has 2 atom stereocenters. The van der Waals surface area contributed by atoms with Crippen LogP contribution in [-0.2, 0) is 9.05 Å². The van der Waals surface area contributed by atoms with Gasteiger partial charge in [-0.15, -0.1) is 0 Å². The molecule has 0 saturated heterocycles. The first-order chi connectivity index (χ1) is 14.0. The number of amides is 2. The standard InChI is InChI=1S/C19H26N4O4P2/c1-22(18(24)16-11-7-5-8-12-16)20-28(26-3)15-29(27-4)21-23(2)19(25)17-13-9-6-10-14-17/h5-14,20-21H,15H2,1-4H3. The van der Waals surface area contributed by atoms with E-state index in [0.717, 1.165) is 0 Å². The van der Waals surface area contributed by atoms with Crippen LogP contribution in [0.2, 0.25) is 0 Å². The molecule has 0 radical (unpaired) electrons. The minimum atomic E-state index is -1.21. The molecule has 29 heavy (non-hydrogen) atoms. The molecule has 8 nitrogen and oxygen atoms in total. The van der Waals surface area contributed by atoms with Gasteiger partial charge in [0.1, 0.15) is 16.6 Å². The molecule has 10 heteroatoms. The van der Waals surface area contributed by atoms with Crippen molar-refractivity contribution < 1.29 is 18.6 Å². The molecule has 0 fully saturated rings. The van der Waals surface area contributed by atoms with Gasteiger partial charge in [-0.3, -0.25) is 19.6 Å². The molecule has 2 N–H and O–H groups in total. The zero-order valence-electron chi connectivity index (χ0n) is 16.9. The van der Waals surface area contributed by atoms with Crippen LogP contribution in [-0.4, -0.2) is 56.1 Å². The molecule has 0 bridgehead atoms. The first-order valence-corrected chi connectivity index (χ1v) is 11.7. The van der Waals surface area contributed by atoms with E-state index in [1.54, 1.807) is 52.6 Å². The third-order valence-electron chi connectivity index (χ3n) is 3.87. The molecule has 0 aliphatic carbocycles. The average Bonchev–Trinajstić information content (AvgIpc) is 2.77. The molecule has 0 spiro atoms. The van der Waals surface area contributed by atoms with E-state index in [2.05, 4.69) is 10.4 Å². The number of carbonyl (C=O) groups is 2. The SMILES string of the molecule is COP(CP(NN(C)C(=O)c1ccccc1)OC)NN(C)C(=O)c1ccccc1. The maximum absolute atomic E-state index is 12.5. The van der Waals surface area contributed by atoms with Gasteiger partial charge >= 0.3 is 0 Å². The first kappa shape index (κ1) is 23.4. The van der Waals surface area contributed by atoms with Gasteiger partial charge in [0.2, 0.25) is 0 Å². The zero-order chi connectivity index (χ0) is 21.2. The van der Waals surface area contributed by atoms with E-state index < -0.39 is 16.6 Å². The van der Waals surface area contributed by atoms with Crippen LogP contribution < -0.4 is 10.4 Å². The van der Waals surface area contributed by atoms with E-state index in [0.29, 0.717) is 17.0 Å². The number of carbonyl (C=O) groups excluding carboxylic acids is 2. The molecule has 2 aromatic rings. The zero-order valence-corrected chi connectivity index (χ0v) is 18.7. The Labute approximate surface area is 173 Å². The monoisotopic (exact) mass is 436 g/mol. The Hall–Kier alpha value is -1.92. The molecule has 0 aromatic heterocycles. The van der Waals surface area contributed by atoms with Crippen LogP contribution in [0, 0.1) is 0 Å².